The van der Waals surface area contributed by atoms with E-state index < -0.39 is 13.0 Å². The molecule has 2 atom stereocenters. The van der Waals surface area contributed by atoms with Gasteiger partial charge in [0.1, 0.15) is 0 Å². The van der Waals surface area contributed by atoms with Gasteiger partial charge in [0, 0.05) is 21.7 Å². The summed E-state index contributed by atoms with van der Waals surface area (Å²) in [7, 11) is -3.60. The molecule has 0 spiro atoms. The van der Waals surface area contributed by atoms with Crippen LogP contribution in [0.1, 0.15) is 35.3 Å². The molecule has 0 amide bonds. The molecule has 0 bridgehead atoms. The van der Waals surface area contributed by atoms with Crippen LogP contribution in [-0.4, -0.2) is 23.3 Å². The number of carbonyl (C=O) groups excluding carboxylic acids is 1. The van der Waals surface area contributed by atoms with E-state index in [9.17, 15) is 9.36 Å². The molecule has 4 nitrogen and oxygen atoms in total. The average Bonchev–Trinajstić information content (AvgIpc) is 2.62. The molecule has 2 unspecified atom stereocenters. The van der Waals surface area contributed by atoms with Crippen LogP contribution < -0.4 is 0 Å². The second-order valence-corrected chi connectivity index (χ2v) is 9.12. The lowest BCUT2D eigenvalue weighted by Gasteiger charge is -2.38. The first-order valence-corrected chi connectivity index (χ1v) is 10.6. The largest absolute Gasteiger partial charge is 0.342 e. The maximum absolute atomic E-state index is 13.6. The van der Waals surface area contributed by atoms with E-state index in [2.05, 4.69) is 22.6 Å². The van der Waals surface area contributed by atoms with Gasteiger partial charge in [-0.2, -0.15) is 0 Å². The third kappa shape index (κ3) is 3.36. The molecular weight excluding hydrogens is 436 g/mol. The van der Waals surface area contributed by atoms with Gasteiger partial charge in [-0.1, -0.05) is 42.5 Å². The summed E-state index contributed by atoms with van der Waals surface area (Å²) in [6, 6.07) is 16.9. The maximum atomic E-state index is 13.6. The summed E-state index contributed by atoms with van der Waals surface area (Å²) < 4.78 is 21.7. The summed E-state index contributed by atoms with van der Waals surface area (Å²) in [5.74, 6) is 0. The van der Waals surface area contributed by atoms with Crippen molar-refractivity contribution >= 4 is 35.6 Å². The van der Waals surface area contributed by atoms with Gasteiger partial charge in [0.15, 0.2) is 0 Å². The highest BCUT2D eigenvalue weighted by atomic mass is 127. The van der Waals surface area contributed by atoms with Crippen molar-refractivity contribution in [1.82, 2.24) is 4.67 Å². The lowest BCUT2D eigenvalue weighted by molar-refractivity contribution is 0.0990. The standard InChI is InChI=1S/C18H19INO3P/c1-14(15-8-3-2-4-9-15)20-12-7-13-23-24(20,22)18(21)16-10-5-6-11-17(16)19/h2-6,8-11,14H,7,12-13H2,1H3. The lowest BCUT2D eigenvalue weighted by Crippen LogP contribution is -2.34. The van der Waals surface area contributed by atoms with Crippen molar-refractivity contribution in [2.75, 3.05) is 13.2 Å². The van der Waals surface area contributed by atoms with Gasteiger partial charge in [0.05, 0.1) is 6.61 Å². The molecule has 1 fully saturated rings. The van der Waals surface area contributed by atoms with Gasteiger partial charge in [0.2, 0.25) is 0 Å². The van der Waals surface area contributed by atoms with Crippen LogP contribution in [0.2, 0.25) is 0 Å². The molecule has 0 aromatic heterocycles. The van der Waals surface area contributed by atoms with Crippen LogP contribution in [0.15, 0.2) is 54.6 Å². The van der Waals surface area contributed by atoms with Gasteiger partial charge in [-0.15, -0.1) is 0 Å². The van der Waals surface area contributed by atoms with Crippen LogP contribution in [0.5, 0.6) is 0 Å². The Hall–Kier alpha value is -1.01. The number of carbonyl (C=O) groups is 1. The molecule has 1 aliphatic heterocycles. The Morgan fingerprint density at radius 2 is 1.83 bits per heavy atom. The molecule has 1 saturated heterocycles. The number of hydrogen-bond donors (Lipinski definition) is 0. The van der Waals surface area contributed by atoms with Crippen molar-refractivity contribution in [3.63, 3.8) is 0 Å². The SMILES string of the molecule is CC(c1ccccc1)N1CCCOP1(=O)C(=O)c1ccccc1I. The van der Waals surface area contributed by atoms with Crippen molar-refractivity contribution in [2.24, 2.45) is 0 Å². The van der Waals surface area contributed by atoms with E-state index in [-0.39, 0.29) is 6.04 Å². The van der Waals surface area contributed by atoms with E-state index in [1.165, 1.54) is 0 Å². The summed E-state index contributed by atoms with van der Waals surface area (Å²) in [6.45, 7) is 2.91. The van der Waals surface area contributed by atoms with E-state index in [0.29, 0.717) is 18.7 Å². The fourth-order valence-electron chi connectivity index (χ4n) is 2.91. The summed E-state index contributed by atoms with van der Waals surface area (Å²) >= 11 is 2.10. The maximum Gasteiger partial charge on any atom is 0.342 e. The Balaban J connectivity index is 1.98. The quantitative estimate of drug-likeness (QED) is 0.475. The Morgan fingerprint density at radius 1 is 1.17 bits per heavy atom. The van der Waals surface area contributed by atoms with Crippen LogP contribution >= 0.6 is 30.1 Å². The molecule has 24 heavy (non-hydrogen) atoms. The Bertz CT molecular complexity index is 781. The van der Waals surface area contributed by atoms with Crippen molar-refractivity contribution in [3.05, 3.63) is 69.3 Å². The topological polar surface area (TPSA) is 46.6 Å². The number of nitrogens with zero attached hydrogens (tertiary/aromatic N) is 1. The fourth-order valence-corrected chi connectivity index (χ4v) is 6.12. The van der Waals surface area contributed by atoms with E-state index in [0.717, 1.165) is 15.6 Å². The van der Waals surface area contributed by atoms with Crippen LogP contribution in [0.3, 0.4) is 0 Å². The fraction of sp³-hybridized carbons (Fsp3) is 0.278. The van der Waals surface area contributed by atoms with E-state index >= 15 is 0 Å². The van der Waals surface area contributed by atoms with Gasteiger partial charge < -0.3 is 4.52 Å². The molecule has 0 saturated carbocycles. The van der Waals surface area contributed by atoms with Crippen molar-refractivity contribution < 1.29 is 13.9 Å². The monoisotopic (exact) mass is 455 g/mol. The third-order valence-corrected chi connectivity index (χ3v) is 7.68. The third-order valence-electron chi connectivity index (χ3n) is 4.23. The highest BCUT2D eigenvalue weighted by Gasteiger charge is 2.45. The van der Waals surface area contributed by atoms with E-state index in [1.54, 1.807) is 16.8 Å². The molecule has 0 aliphatic carbocycles. The molecule has 2 aromatic carbocycles. The second-order valence-electron chi connectivity index (χ2n) is 5.74. The number of hydrogen-bond acceptors (Lipinski definition) is 3. The Kier molecular flexibility index (Phi) is 5.55. The minimum Gasteiger partial charge on any atom is -0.312 e. The van der Waals surface area contributed by atoms with Crippen molar-refractivity contribution in [1.29, 1.82) is 0 Å². The number of rotatable bonds is 4. The Labute approximate surface area is 155 Å². The molecule has 2 aromatic rings. The highest BCUT2D eigenvalue weighted by Crippen LogP contribution is 2.59. The summed E-state index contributed by atoms with van der Waals surface area (Å²) in [6.07, 6.45) is 0.764. The second kappa shape index (κ2) is 7.48. The molecule has 126 valence electrons. The minimum absolute atomic E-state index is 0.150. The number of halogens is 1. The molecular formula is C18H19INO3P. The first-order chi connectivity index (χ1) is 11.5. The smallest absolute Gasteiger partial charge is 0.312 e. The normalized spacial score (nSPS) is 22.9. The zero-order chi connectivity index (χ0) is 17.2. The predicted octanol–water partition coefficient (Wildman–Crippen LogP) is 5.11. The summed E-state index contributed by atoms with van der Waals surface area (Å²) in [4.78, 5) is 13.1. The van der Waals surface area contributed by atoms with Crippen LogP contribution in [-0.2, 0) is 9.09 Å². The van der Waals surface area contributed by atoms with Crippen LogP contribution in [0.4, 0.5) is 0 Å². The van der Waals surface area contributed by atoms with Gasteiger partial charge in [-0.25, -0.2) is 4.67 Å². The molecule has 1 heterocycles. The van der Waals surface area contributed by atoms with Gasteiger partial charge in [-0.05, 0) is 53.6 Å². The molecule has 3 rings (SSSR count). The first-order valence-electron chi connectivity index (χ1n) is 7.90. The van der Waals surface area contributed by atoms with Gasteiger partial charge >= 0.3 is 7.52 Å². The Morgan fingerprint density at radius 3 is 2.54 bits per heavy atom. The van der Waals surface area contributed by atoms with Gasteiger partial charge in [0.25, 0.3) is 5.52 Å². The van der Waals surface area contributed by atoms with Crippen molar-refractivity contribution in [3.8, 4) is 0 Å². The van der Waals surface area contributed by atoms with E-state index in [4.69, 9.17) is 4.52 Å². The lowest BCUT2D eigenvalue weighted by atomic mass is 10.1. The average molecular weight is 455 g/mol. The summed E-state index contributed by atoms with van der Waals surface area (Å²) in [5.41, 5.74) is 1.09. The molecule has 1 aliphatic rings. The highest BCUT2D eigenvalue weighted by molar-refractivity contribution is 14.1. The first kappa shape index (κ1) is 17.8. The van der Waals surface area contributed by atoms with E-state index in [1.807, 2.05) is 49.4 Å². The predicted molar refractivity (Wildman–Crippen MR) is 103 cm³/mol. The summed E-state index contributed by atoms with van der Waals surface area (Å²) in [5, 5.41) is 0. The van der Waals surface area contributed by atoms with Crippen molar-refractivity contribution in [2.45, 2.75) is 19.4 Å². The minimum atomic E-state index is -3.60. The van der Waals surface area contributed by atoms with Crippen LogP contribution in [0, 0.1) is 3.57 Å². The zero-order valence-corrected chi connectivity index (χ0v) is 16.4. The number of benzene rings is 2. The molecule has 0 radical (unpaired) electrons. The van der Waals surface area contributed by atoms with Gasteiger partial charge in [-0.3, -0.25) is 9.36 Å². The molecule has 6 heteroatoms. The molecule has 0 N–H and O–H groups in total. The van der Waals surface area contributed by atoms with Crippen LogP contribution in [0.25, 0.3) is 0 Å². The zero-order valence-electron chi connectivity index (χ0n) is 13.4.